The second kappa shape index (κ2) is 7.77. The molecule has 0 radical (unpaired) electrons. The number of benzene rings is 2. The lowest BCUT2D eigenvalue weighted by atomic mass is 10.2. The minimum absolute atomic E-state index is 0.0447. The number of amidine groups is 2. The van der Waals surface area contributed by atoms with E-state index >= 15 is 0 Å². The molecule has 0 aromatic heterocycles. The summed E-state index contributed by atoms with van der Waals surface area (Å²) in [5.74, 6) is 0.163. The molecular weight excluding hydrogens is 342 g/mol. The van der Waals surface area contributed by atoms with E-state index in [0.717, 1.165) is 0 Å². The standard InChI is InChI=1S/C16H19N5O3S/c17-15(18)11-5-7-12(8-6-11)25(22,23)21-9-10-24-14-4-2-1-3-13(14)16(19)20/h1-8,21H,9-10H2,(H3,17,18)(H3,19,20). The summed E-state index contributed by atoms with van der Waals surface area (Å²) in [6, 6.07) is 12.5. The molecule has 0 spiro atoms. The van der Waals surface area contributed by atoms with Gasteiger partial charge in [0.15, 0.2) is 0 Å². The Bertz CT molecular complexity index is 879. The molecule has 25 heavy (non-hydrogen) atoms. The summed E-state index contributed by atoms with van der Waals surface area (Å²) in [6.07, 6.45) is 0. The van der Waals surface area contributed by atoms with Gasteiger partial charge in [0.2, 0.25) is 10.0 Å². The monoisotopic (exact) mass is 361 g/mol. The molecule has 0 saturated heterocycles. The number of ether oxygens (including phenoxy) is 1. The maximum Gasteiger partial charge on any atom is 0.240 e. The predicted octanol–water partition coefficient (Wildman–Crippen LogP) is 0.612. The Labute approximate surface area is 145 Å². The van der Waals surface area contributed by atoms with Crippen molar-refractivity contribution in [1.82, 2.24) is 4.72 Å². The van der Waals surface area contributed by atoms with Crippen LogP contribution in [0.25, 0.3) is 0 Å². The fraction of sp³-hybridized carbons (Fsp3) is 0.125. The molecule has 2 aromatic carbocycles. The van der Waals surface area contributed by atoms with Gasteiger partial charge in [0, 0.05) is 12.1 Å². The molecule has 132 valence electrons. The first-order valence-corrected chi connectivity index (χ1v) is 8.80. The first kappa shape index (κ1) is 18.4. The number of nitrogen functional groups attached to an aromatic ring is 2. The van der Waals surface area contributed by atoms with E-state index < -0.39 is 10.0 Å². The van der Waals surface area contributed by atoms with Crippen molar-refractivity contribution in [2.45, 2.75) is 4.90 Å². The Morgan fingerprint density at radius 2 is 1.64 bits per heavy atom. The van der Waals surface area contributed by atoms with Gasteiger partial charge >= 0.3 is 0 Å². The van der Waals surface area contributed by atoms with Gasteiger partial charge in [-0.15, -0.1) is 0 Å². The SMILES string of the molecule is N=C(N)c1ccc(S(=O)(=O)NCCOc2ccccc2C(=N)N)cc1. The van der Waals surface area contributed by atoms with Crippen LogP contribution >= 0.6 is 0 Å². The first-order chi connectivity index (χ1) is 11.8. The van der Waals surface area contributed by atoms with E-state index in [-0.39, 0.29) is 29.7 Å². The Hall–Kier alpha value is -2.91. The molecule has 0 aliphatic rings. The van der Waals surface area contributed by atoms with Gasteiger partial charge in [-0.05, 0) is 36.4 Å². The van der Waals surface area contributed by atoms with E-state index in [1.807, 2.05) is 0 Å². The molecule has 0 atom stereocenters. The number of sulfonamides is 1. The summed E-state index contributed by atoms with van der Waals surface area (Å²) in [7, 11) is -3.69. The normalized spacial score (nSPS) is 11.0. The van der Waals surface area contributed by atoms with Crippen molar-refractivity contribution >= 4 is 21.7 Å². The molecular formula is C16H19N5O3S. The third-order valence-corrected chi connectivity index (χ3v) is 4.78. The topological polar surface area (TPSA) is 155 Å². The smallest absolute Gasteiger partial charge is 0.240 e. The van der Waals surface area contributed by atoms with E-state index in [2.05, 4.69) is 4.72 Å². The van der Waals surface area contributed by atoms with Gasteiger partial charge in [0.05, 0.1) is 10.5 Å². The Balaban J connectivity index is 1.95. The molecule has 0 aliphatic carbocycles. The molecule has 7 N–H and O–H groups in total. The number of nitrogens with one attached hydrogen (secondary N) is 3. The van der Waals surface area contributed by atoms with E-state index in [0.29, 0.717) is 16.9 Å². The zero-order chi connectivity index (χ0) is 18.4. The van der Waals surface area contributed by atoms with Gasteiger partial charge in [-0.25, -0.2) is 13.1 Å². The second-order valence-electron chi connectivity index (χ2n) is 5.09. The van der Waals surface area contributed by atoms with Crippen molar-refractivity contribution in [1.29, 1.82) is 10.8 Å². The summed E-state index contributed by atoms with van der Waals surface area (Å²) < 4.78 is 32.3. The highest BCUT2D eigenvalue weighted by Crippen LogP contribution is 2.17. The fourth-order valence-electron chi connectivity index (χ4n) is 2.05. The number of para-hydroxylation sites is 1. The summed E-state index contributed by atoms with van der Waals surface area (Å²) in [6.45, 7) is 0.123. The van der Waals surface area contributed by atoms with Gasteiger partial charge in [-0.1, -0.05) is 12.1 Å². The van der Waals surface area contributed by atoms with Crippen LogP contribution in [0.3, 0.4) is 0 Å². The van der Waals surface area contributed by atoms with E-state index in [4.69, 9.17) is 27.0 Å². The van der Waals surface area contributed by atoms with E-state index in [1.54, 1.807) is 24.3 Å². The molecule has 0 saturated carbocycles. The number of rotatable bonds is 8. The van der Waals surface area contributed by atoms with Crippen LogP contribution in [0.5, 0.6) is 5.75 Å². The van der Waals surface area contributed by atoms with Crippen LogP contribution in [0.2, 0.25) is 0 Å². The Morgan fingerprint density at radius 1 is 1.00 bits per heavy atom. The van der Waals surface area contributed by atoms with E-state index in [9.17, 15) is 8.42 Å². The van der Waals surface area contributed by atoms with Crippen molar-refractivity contribution in [3.05, 3.63) is 59.7 Å². The van der Waals surface area contributed by atoms with Crippen molar-refractivity contribution in [3.63, 3.8) is 0 Å². The molecule has 0 fully saturated rings. The van der Waals surface area contributed by atoms with Crippen molar-refractivity contribution < 1.29 is 13.2 Å². The maximum atomic E-state index is 12.2. The quantitative estimate of drug-likeness (QED) is 0.265. The van der Waals surface area contributed by atoms with Crippen molar-refractivity contribution in [2.75, 3.05) is 13.2 Å². The summed E-state index contributed by atoms with van der Waals surface area (Å²) in [5.41, 5.74) is 11.7. The molecule has 9 heteroatoms. The lowest BCUT2D eigenvalue weighted by molar-refractivity contribution is 0.322. The van der Waals surface area contributed by atoms with Gasteiger partial charge in [-0.2, -0.15) is 0 Å². The summed E-state index contributed by atoms with van der Waals surface area (Å²) in [4.78, 5) is 0.0710. The molecule has 0 unspecified atom stereocenters. The van der Waals surface area contributed by atoms with Gasteiger partial charge < -0.3 is 16.2 Å². The highest BCUT2D eigenvalue weighted by Gasteiger charge is 2.14. The molecule has 0 amide bonds. The molecule has 0 bridgehead atoms. The van der Waals surface area contributed by atoms with Crippen LogP contribution in [0.1, 0.15) is 11.1 Å². The fourth-order valence-corrected chi connectivity index (χ4v) is 3.06. The number of hydrogen-bond donors (Lipinski definition) is 5. The third-order valence-electron chi connectivity index (χ3n) is 3.30. The zero-order valence-electron chi connectivity index (χ0n) is 13.3. The third kappa shape index (κ3) is 4.78. The lowest BCUT2D eigenvalue weighted by Crippen LogP contribution is -2.28. The second-order valence-corrected chi connectivity index (χ2v) is 6.86. The zero-order valence-corrected chi connectivity index (χ0v) is 14.1. The minimum atomic E-state index is -3.69. The average Bonchev–Trinajstić information content (AvgIpc) is 2.59. The number of hydrogen-bond acceptors (Lipinski definition) is 5. The molecule has 8 nitrogen and oxygen atoms in total. The van der Waals surface area contributed by atoms with Gasteiger partial charge in [-0.3, -0.25) is 10.8 Å². The summed E-state index contributed by atoms with van der Waals surface area (Å²) >= 11 is 0. The lowest BCUT2D eigenvalue weighted by Gasteiger charge is -2.11. The summed E-state index contributed by atoms with van der Waals surface area (Å²) in [5, 5.41) is 14.8. The minimum Gasteiger partial charge on any atom is -0.491 e. The predicted molar refractivity (Wildman–Crippen MR) is 95.6 cm³/mol. The first-order valence-electron chi connectivity index (χ1n) is 7.31. The van der Waals surface area contributed by atoms with Crippen LogP contribution in [-0.4, -0.2) is 33.2 Å². The average molecular weight is 361 g/mol. The maximum absolute atomic E-state index is 12.2. The van der Waals surface area contributed by atoms with Gasteiger partial charge in [0.25, 0.3) is 0 Å². The molecule has 2 rings (SSSR count). The highest BCUT2D eigenvalue weighted by molar-refractivity contribution is 7.89. The molecule has 2 aromatic rings. The van der Waals surface area contributed by atoms with Crippen LogP contribution < -0.4 is 20.9 Å². The van der Waals surface area contributed by atoms with Crippen LogP contribution in [0, 0.1) is 10.8 Å². The van der Waals surface area contributed by atoms with E-state index in [1.165, 1.54) is 24.3 Å². The molecule has 0 heterocycles. The van der Waals surface area contributed by atoms with Crippen LogP contribution in [0.15, 0.2) is 53.4 Å². The highest BCUT2D eigenvalue weighted by atomic mass is 32.2. The van der Waals surface area contributed by atoms with Crippen molar-refractivity contribution in [3.8, 4) is 5.75 Å². The number of nitrogens with two attached hydrogens (primary N) is 2. The largest absolute Gasteiger partial charge is 0.491 e. The Morgan fingerprint density at radius 3 is 2.24 bits per heavy atom. The van der Waals surface area contributed by atoms with Gasteiger partial charge in [0.1, 0.15) is 24.0 Å². The Kier molecular flexibility index (Phi) is 5.73. The van der Waals surface area contributed by atoms with Crippen molar-refractivity contribution in [2.24, 2.45) is 11.5 Å². The van der Waals surface area contributed by atoms with Crippen LogP contribution in [0.4, 0.5) is 0 Å². The molecule has 0 aliphatic heterocycles. The van der Waals surface area contributed by atoms with Crippen LogP contribution in [-0.2, 0) is 10.0 Å².